The van der Waals surface area contributed by atoms with Crippen LogP contribution in [0.25, 0.3) is 10.4 Å². The summed E-state index contributed by atoms with van der Waals surface area (Å²) < 4.78 is 5.21. The summed E-state index contributed by atoms with van der Waals surface area (Å²) in [6.07, 6.45) is 1.24. The van der Waals surface area contributed by atoms with Crippen LogP contribution in [0.1, 0.15) is 39.7 Å². The molecule has 0 saturated carbocycles. The van der Waals surface area contributed by atoms with E-state index in [1.54, 1.807) is 12.1 Å². The molecule has 0 bridgehead atoms. The summed E-state index contributed by atoms with van der Waals surface area (Å²) in [5.41, 5.74) is 9.58. The Kier molecular flexibility index (Phi) is 6.06. The van der Waals surface area contributed by atoms with Gasteiger partial charge in [0.25, 0.3) is 0 Å². The summed E-state index contributed by atoms with van der Waals surface area (Å²) in [6.45, 7) is 7.45. The first kappa shape index (κ1) is 16.9. The summed E-state index contributed by atoms with van der Waals surface area (Å²) in [6, 6.07) is 7.42. The lowest BCUT2D eigenvalue weighted by Crippen LogP contribution is -2.37. The first-order chi connectivity index (χ1) is 9.80. The SMILES string of the molecule is C[C@@H](CCc1ccc(N=[N+]=[N-])cc1)NC(=O)OC(C)(C)C. The molecule has 0 unspecified atom stereocenters. The van der Waals surface area contributed by atoms with Crippen molar-refractivity contribution < 1.29 is 9.53 Å². The van der Waals surface area contributed by atoms with Crippen molar-refractivity contribution in [2.45, 2.75) is 52.2 Å². The standard InChI is InChI=1S/C15H22N4O2/c1-11(17-14(20)21-15(2,3)4)5-6-12-7-9-13(10-8-12)18-19-16/h7-11H,5-6H2,1-4H3,(H,17,20)/t11-/m0/s1. The maximum atomic E-state index is 11.6. The molecule has 1 aromatic carbocycles. The van der Waals surface area contributed by atoms with Crippen molar-refractivity contribution in [3.8, 4) is 0 Å². The molecule has 6 nitrogen and oxygen atoms in total. The largest absolute Gasteiger partial charge is 0.444 e. The monoisotopic (exact) mass is 290 g/mol. The second kappa shape index (κ2) is 7.55. The summed E-state index contributed by atoms with van der Waals surface area (Å²) in [5.74, 6) is 0. The minimum absolute atomic E-state index is 0.0247. The van der Waals surface area contributed by atoms with Crippen molar-refractivity contribution in [1.82, 2.24) is 5.32 Å². The first-order valence-electron chi connectivity index (χ1n) is 6.94. The molecular formula is C15H22N4O2. The maximum absolute atomic E-state index is 11.6. The van der Waals surface area contributed by atoms with E-state index in [4.69, 9.17) is 10.3 Å². The van der Waals surface area contributed by atoms with Crippen molar-refractivity contribution in [1.29, 1.82) is 0 Å². The maximum Gasteiger partial charge on any atom is 0.407 e. The molecule has 0 aliphatic carbocycles. The average Bonchev–Trinajstić information content (AvgIpc) is 2.36. The summed E-state index contributed by atoms with van der Waals surface area (Å²) in [7, 11) is 0. The van der Waals surface area contributed by atoms with Gasteiger partial charge in [-0.05, 0) is 51.6 Å². The van der Waals surface area contributed by atoms with Crippen LogP contribution in [0.4, 0.5) is 10.5 Å². The molecule has 1 rings (SSSR count). The Bertz CT molecular complexity index is 513. The number of nitrogens with zero attached hydrogens (tertiary/aromatic N) is 3. The van der Waals surface area contributed by atoms with Gasteiger partial charge in [0, 0.05) is 16.6 Å². The van der Waals surface area contributed by atoms with Gasteiger partial charge >= 0.3 is 6.09 Å². The van der Waals surface area contributed by atoms with Crippen molar-refractivity contribution in [2.24, 2.45) is 5.11 Å². The minimum Gasteiger partial charge on any atom is -0.444 e. The molecule has 21 heavy (non-hydrogen) atoms. The number of carbonyl (C=O) groups excluding carboxylic acids is 1. The van der Waals surface area contributed by atoms with Gasteiger partial charge in [0.1, 0.15) is 5.60 Å². The molecule has 0 radical (unpaired) electrons. The fourth-order valence-corrected chi connectivity index (χ4v) is 1.75. The van der Waals surface area contributed by atoms with E-state index in [0.29, 0.717) is 5.69 Å². The van der Waals surface area contributed by atoms with Gasteiger partial charge in [0.15, 0.2) is 0 Å². The van der Waals surface area contributed by atoms with Crippen molar-refractivity contribution in [3.63, 3.8) is 0 Å². The molecule has 1 amide bonds. The molecule has 0 aromatic heterocycles. The Morgan fingerprint density at radius 3 is 2.52 bits per heavy atom. The molecule has 0 saturated heterocycles. The summed E-state index contributed by atoms with van der Waals surface area (Å²) in [4.78, 5) is 14.4. The highest BCUT2D eigenvalue weighted by Gasteiger charge is 2.17. The highest BCUT2D eigenvalue weighted by Crippen LogP contribution is 2.15. The number of alkyl carbamates (subject to hydrolysis) is 1. The molecule has 0 fully saturated rings. The number of rotatable bonds is 5. The van der Waals surface area contributed by atoms with E-state index >= 15 is 0 Å². The molecule has 0 aliphatic heterocycles. The lowest BCUT2D eigenvalue weighted by atomic mass is 10.1. The smallest absolute Gasteiger partial charge is 0.407 e. The molecule has 0 heterocycles. The number of ether oxygens (including phenoxy) is 1. The Balaban J connectivity index is 2.40. The fourth-order valence-electron chi connectivity index (χ4n) is 1.75. The van der Waals surface area contributed by atoms with Gasteiger partial charge in [0.05, 0.1) is 0 Å². The Morgan fingerprint density at radius 1 is 1.38 bits per heavy atom. The molecular weight excluding hydrogens is 268 g/mol. The van der Waals surface area contributed by atoms with Crippen LogP contribution in [0, 0.1) is 0 Å². The van der Waals surface area contributed by atoms with Crippen LogP contribution < -0.4 is 5.32 Å². The number of benzene rings is 1. The van der Waals surface area contributed by atoms with Crippen molar-refractivity contribution in [3.05, 3.63) is 40.3 Å². The Morgan fingerprint density at radius 2 is 2.00 bits per heavy atom. The highest BCUT2D eigenvalue weighted by atomic mass is 16.6. The zero-order valence-corrected chi connectivity index (χ0v) is 13.0. The third-order valence-electron chi connectivity index (χ3n) is 2.73. The first-order valence-corrected chi connectivity index (χ1v) is 6.94. The van der Waals surface area contributed by atoms with Gasteiger partial charge < -0.3 is 10.1 Å². The van der Waals surface area contributed by atoms with Gasteiger partial charge in [-0.3, -0.25) is 0 Å². The van der Waals surface area contributed by atoms with E-state index in [-0.39, 0.29) is 6.04 Å². The third-order valence-corrected chi connectivity index (χ3v) is 2.73. The van der Waals surface area contributed by atoms with Crippen LogP contribution in [0.5, 0.6) is 0 Å². The van der Waals surface area contributed by atoms with Gasteiger partial charge in [-0.2, -0.15) is 0 Å². The molecule has 0 spiro atoms. The van der Waals surface area contributed by atoms with Gasteiger partial charge in [-0.25, -0.2) is 4.79 Å². The number of hydrogen-bond acceptors (Lipinski definition) is 3. The quantitative estimate of drug-likeness (QED) is 0.492. The van der Waals surface area contributed by atoms with Gasteiger partial charge in [-0.15, -0.1) is 0 Å². The minimum atomic E-state index is -0.485. The summed E-state index contributed by atoms with van der Waals surface area (Å²) >= 11 is 0. The lowest BCUT2D eigenvalue weighted by Gasteiger charge is -2.22. The van der Waals surface area contributed by atoms with Crippen molar-refractivity contribution >= 4 is 11.8 Å². The number of carbonyl (C=O) groups is 1. The van der Waals surface area contributed by atoms with Crippen LogP contribution in [-0.4, -0.2) is 17.7 Å². The van der Waals surface area contributed by atoms with Gasteiger partial charge in [0.2, 0.25) is 0 Å². The average molecular weight is 290 g/mol. The second-order valence-corrected chi connectivity index (χ2v) is 5.94. The molecule has 0 aliphatic rings. The van der Waals surface area contributed by atoms with E-state index in [0.717, 1.165) is 18.4 Å². The Labute approximate surface area is 125 Å². The molecule has 114 valence electrons. The number of aryl methyl sites for hydroxylation is 1. The molecule has 1 aromatic rings. The van der Waals surface area contributed by atoms with E-state index in [1.165, 1.54) is 0 Å². The van der Waals surface area contributed by atoms with Crippen LogP contribution in [0.2, 0.25) is 0 Å². The fraction of sp³-hybridized carbons (Fsp3) is 0.533. The molecule has 1 N–H and O–H groups in total. The predicted octanol–water partition coefficient (Wildman–Crippen LogP) is 4.47. The number of amides is 1. The number of hydrogen-bond donors (Lipinski definition) is 1. The normalized spacial score (nSPS) is 12.2. The zero-order chi connectivity index (χ0) is 15.9. The lowest BCUT2D eigenvalue weighted by molar-refractivity contribution is 0.0506. The number of azide groups is 1. The van der Waals surface area contributed by atoms with Gasteiger partial charge in [-0.1, -0.05) is 29.4 Å². The van der Waals surface area contributed by atoms with Crippen molar-refractivity contribution in [2.75, 3.05) is 0 Å². The predicted molar refractivity (Wildman–Crippen MR) is 82.4 cm³/mol. The topological polar surface area (TPSA) is 87.1 Å². The Hall–Kier alpha value is -2.20. The molecule has 6 heteroatoms. The van der Waals surface area contributed by atoms with Crippen LogP contribution in [-0.2, 0) is 11.2 Å². The van der Waals surface area contributed by atoms with E-state index < -0.39 is 11.7 Å². The third kappa shape index (κ3) is 7.22. The second-order valence-electron chi connectivity index (χ2n) is 5.94. The van der Waals surface area contributed by atoms with E-state index in [2.05, 4.69) is 15.3 Å². The summed E-state index contributed by atoms with van der Waals surface area (Å²) in [5, 5.41) is 6.33. The zero-order valence-electron chi connectivity index (χ0n) is 13.0. The van der Waals surface area contributed by atoms with Crippen LogP contribution in [0.15, 0.2) is 29.4 Å². The molecule has 1 atom stereocenters. The van der Waals surface area contributed by atoms with Crippen LogP contribution >= 0.6 is 0 Å². The highest BCUT2D eigenvalue weighted by molar-refractivity contribution is 5.68. The van der Waals surface area contributed by atoms with E-state index in [1.807, 2.05) is 39.8 Å². The van der Waals surface area contributed by atoms with E-state index in [9.17, 15) is 4.79 Å². The number of nitrogens with one attached hydrogen (secondary N) is 1. The van der Waals surface area contributed by atoms with Crippen LogP contribution in [0.3, 0.4) is 0 Å².